The molecule has 0 aliphatic carbocycles. The van der Waals surface area contributed by atoms with Crippen LogP contribution in [0.3, 0.4) is 0 Å². The lowest BCUT2D eigenvalue weighted by molar-refractivity contribution is -0.125. The summed E-state index contributed by atoms with van der Waals surface area (Å²) < 4.78 is 9.86. The normalized spacial score (nSPS) is 10.2. The molecule has 0 N–H and O–H groups in total. The van der Waals surface area contributed by atoms with E-state index in [9.17, 15) is 14.4 Å². The van der Waals surface area contributed by atoms with Gasteiger partial charge in [0.25, 0.3) is 5.91 Å². The Morgan fingerprint density at radius 1 is 1.15 bits per heavy atom. The monoisotopic (exact) mass is 357 g/mol. The number of carbonyl (C=O) groups excluding carboxylic acids is 3. The number of benzene rings is 1. The van der Waals surface area contributed by atoms with Gasteiger partial charge in [0.2, 0.25) is 0 Å². The topological polar surface area (TPSA) is 72.9 Å². The molecule has 0 atom stereocenters. The van der Waals surface area contributed by atoms with E-state index in [1.54, 1.807) is 45.0 Å². The van der Waals surface area contributed by atoms with Crippen LogP contribution in [-0.2, 0) is 14.3 Å². The van der Waals surface area contributed by atoms with E-state index in [0.717, 1.165) is 4.90 Å². The number of rotatable bonds is 3. The molecule has 0 aliphatic heterocycles. The number of esters is 1. The van der Waals surface area contributed by atoms with Crippen LogP contribution in [-0.4, -0.2) is 42.1 Å². The van der Waals surface area contributed by atoms with Crippen LogP contribution in [0.25, 0.3) is 0 Å². The van der Waals surface area contributed by atoms with Gasteiger partial charge in [-0.1, -0.05) is 18.4 Å². The molecule has 0 radical (unpaired) electrons. The molecule has 0 unspecified atom stereocenters. The van der Waals surface area contributed by atoms with Crippen molar-refractivity contribution in [2.75, 3.05) is 13.7 Å². The van der Waals surface area contributed by atoms with Gasteiger partial charge in [0.05, 0.1) is 19.2 Å². The van der Waals surface area contributed by atoms with Gasteiger partial charge in [0.1, 0.15) is 5.60 Å². The third kappa shape index (κ3) is 6.44. The van der Waals surface area contributed by atoms with E-state index < -0.39 is 23.6 Å². The summed E-state index contributed by atoms with van der Waals surface area (Å²) in [5.41, 5.74) is 0.512. The molecule has 1 rings (SSSR count). The second kappa shape index (κ2) is 8.86. The Balaban J connectivity index is 2.92. The first kappa shape index (κ1) is 21.0. The van der Waals surface area contributed by atoms with Gasteiger partial charge in [-0.15, -0.1) is 0 Å². The molecule has 0 heterocycles. The lowest BCUT2D eigenvalue weighted by Crippen LogP contribution is -2.41. The van der Waals surface area contributed by atoms with E-state index in [0.29, 0.717) is 11.1 Å². The highest BCUT2D eigenvalue weighted by atomic mass is 16.6. The maximum Gasteiger partial charge on any atom is 0.418 e. The zero-order valence-electron chi connectivity index (χ0n) is 15.7. The fraction of sp³-hybridized carbons (Fsp3) is 0.350. The minimum Gasteiger partial charge on any atom is -0.465 e. The van der Waals surface area contributed by atoms with E-state index in [1.165, 1.54) is 14.0 Å². The Kier molecular flexibility index (Phi) is 7.15. The maximum atomic E-state index is 12.2. The number of hydrogen-bond acceptors (Lipinski definition) is 5. The molecule has 0 fully saturated rings. The summed E-state index contributed by atoms with van der Waals surface area (Å²) >= 11 is 0. The number of methoxy groups -OCH3 is 1. The third-order valence-electron chi connectivity index (χ3n) is 3.00. The smallest absolute Gasteiger partial charge is 0.418 e. The van der Waals surface area contributed by atoms with E-state index in [4.69, 9.17) is 4.74 Å². The molecule has 26 heavy (non-hydrogen) atoms. The Bertz CT molecular complexity index is 760. The van der Waals surface area contributed by atoms with Crippen molar-refractivity contribution in [2.24, 2.45) is 0 Å². The number of ether oxygens (including phenoxy) is 2. The van der Waals surface area contributed by atoms with Crippen LogP contribution in [0, 0.1) is 11.8 Å². The molecule has 6 heteroatoms. The number of imide groups is 1. The van der Waals surface area contributed by atoms with E-state index in [2.05, 4.69) is 23.2 Å². The minimum absolute atomic E-state index is 0.140. The van der Waals surface area contributed by atoms with Gasteiger partial charge >= 0.3 is 12.1 Å². The van der Waals surface area contributed by atoms with Crippen LogP contribution in [0.1, 0.15) is 43.6 Å². The number of carbonyl (C=O) groups is 3. The Hall–Kier alpha value is -3.07. The van der Waals surface area contributed by atoms with Crippen LogP contribution in [0.15, 0.2) is 36.4 Å². The first-order chi connectivity index (χ1) is 12.0. The zero-order valence-corrected chi connectivity index (χ0v) is 15.7. The van der Waals surface area contributed by atoms with E-state index in [1.807, 2.05) is 0 Å². The largest absolute Gasteiger partial charge is 0.465 e. The average molecular weight is 357 g/mol. The lowest BCUT2D eigenvalue weighted by atomic mass is 10.1. The quantitative estimate of drug-likeness (QED) is 0.472. The van der Waals surface area contributed by atoms with Gasteiger partial charge in [0.15, 0.2) is 0 Å². The summed E-state index contributed by atoms with van der Waals surface area (Å²) in [5, 5.41) is 0. The average Bonchev–Trinajstić information content (AvgIpc) is 2.56. The molecular weight excluding hydrogens is 334 g/mol. The summed E-state index contributed by atoms with van der Waals surface area (Å²) in [5.74, 6) is 4.62. The predicted molar refractivity (Wildman–Crippen MR) is 97.4 cm³/mol. The van der Waals surface area contributed by atoms with Crippen molar-refractivity contribution in [1.29, 1.82) is 0 Å². The van der Waals surface area contributed by atoms with Crippen molar-refractivity contribution >= 4 is 18.0 Å². The summed E-state index contributed by atoms with van der Waals surface area (Å²) in [4.78, 5) is 36.7. The van der Waals surface area contributed by atoms with E-state index >= 15 is 0 Å². The molecule has 2 amide bonds. The third-order valence-corrected chi connectivity index (χ3v) is 3.00. The summed E-state index contributed by atoms with van der Waals surface area (Å²) in [6, 6.07) is 6.47. The molecular formula is C20H23NO5. The Morgan fingerprint density at radius 2 is 1.73 bits per heavy atom. The van der Waals surface area contributed by atoms with Gasteiger partial charge in [-0.05, 0) is 52.0 Å². The van der Waals surface area contributed by atoms with Gasteiger partial charge < -0.3 is 9.47 Å². The molecule has 0 aliphatic rings. The van der Waals surface area contributed by atoms with Crippen molar-refractivity contribution < 1.29 is 23.9 Å². The molecule has 0 saturated heterocycles. The molecule has 0 saturated carbocycles. The second-order valence-corrected chi connectivity index (χ2v) is 6.52. The highest BCUT2D eigenvalue weighted by molar-refractivity contribution is 6.01. The first-order valence-corrected chi connectivity index (χ1v) is 7.92. The van der Waals surface area contributed by atoms with Gasteiger partial charge in [-0.2, -0.15) is 0 Å². The van der Waals surface area contributed by atoms with Crippen molar-refractivity contribution in [3.63, 3.8) is 0 Å². The summed E-state index contributed by atoms with van der Waals surface area (Å²) in [6.45, 7) is 10.1. The first-order valence-electron chi connectivity index (χ1n) is 7.92. The fourth-order valence-electron chi connectivity index (χ4n) is 1.79. The minimum atomic E-state index is -0.777. The number of nitrogens with zero attached hydrogens (tertiary/aromatic N) is 1. The van der Waals surface area contributed by atoms with Gasteiger partial charge in [-0.3, -0.25) is 4.79 Å². The summed E-state index contributed by atoms with van der Waals surface area (Å²) in [7, 11) is 1.31. The number of amides is 2. The van der Waals surface area contributed by atoms with Crippen LogP contribution >= 0.6 is 0 Å². The maximum absolute atomic E-state index is 12.2. The molecule has 0 aromatic heterocycles. The van der Waals surface area contributed by atoms with Crippen LogP contribution < -0.4 is 0 Å². The number of hydrogen-bond donors (Lipinski definition) is 0. The summed E-state index contributed by atoms with van der Waals surface area (Å²) in [6.07, 6.45) is -0.777. The fourth-order valence-corrected chi connectivity index (χ4v) is 1.79. The lowest BCUT2D eigenvalue weighted by Gasteiger charge is -2.25. The van der Waals surface area contributed by atoms with Gasteiger partial charge in [0, 0.05) is 11.1 Å². The van der Waals surface area contributed by atoms with Gasteiger partial charge in [-0.25, -0.2) is 14.5 Å². The highest BCUT2D eigenvalue weighted by Crippen LogP contribution is 2.11. The second-order valence-electron chi connectivity index (χ2n) is 6.52. The Labute approximate surface area is 153 Å². The molecule has 138 valence electrons. The van der Waals surface area contributed by atoms with Crippen molar-refractivity contribution in [1.82, 2.24) is 4.90 Å². The van der Waals surface area contributed by atoms with Crippen molar-refractivity contribution in [3.05, 3.63) is 47.5 Å². The van der Waals surface area contributed by atoms with Crippen LogP contribution in [0.5, 0.6) is 0 Å². The molecule has 1 aromatic carbocycles. The molecule has 0 bridgehead atoms. The standard InChI is InChI=1S/C20H23NO5/c1-14(2)17(22)21(19(24)26-20(3,4)5)13-7-8-15-9-11-16(12-10-15)18(23)25-6/h9-12H,1,13H2,2-6H3. The molecule has 6 nitrogen and oxygen atoms in total. The van der Waals surface area contributed by atoms with E-state index in [-0.39, 0.29) is 12.1 Å². The van der Waals surface area contributed by atoms with Crippen LogP contribution in [0.2, 0.25) is 0 Å². The molecule has 1 aromatic rings. The van der Waals surface area contributed by atoms with Crippen LogP contribution in [0.4, 0.5) is 4.79 Å². The highest BCUT2D eigenvalue weighted by Gasteiger charge is 2.26. The van der Waals surface area contributed by atoms with Crippen molar-refractivity contribution in [2.45, 2.75) is 33.3 Å². The Morgan fingerprint density at radius 3 is 2.19 bits per heavy atom. The SMILES string of the molecule is C=C(C)C(=O)N(CC#Cc1ccc(C(=O)OC)cc1)C(=O)OC(C)(C)C. The zero-order chi connectivity index (χ0) is 19.9. The van der Waals surface area contributed by atoms with Crippen molar-refractivity contribution in [3.8, 4) is 11.8 Å². The molecule has 0 spiro atoms. The predicted octanol–water partition coefficient (Wildman–Crippen LogP) is 3.16.